The number of hydrogen-bond donors (Lipinski definition) is 2. The number of anilines is 2. The first-order valence-corrected chi connectivity index (χ1v) is 7.06. The standard InChI is InChI=1S/C14H24N4/c1-3-12(11-7-5-4-6-8-11)18-14-10(2)13(15)16-9-17-14/h9,11-12H,3-8H2,1-2H3,(H3,15,16,17,18). The average molecular weight is 248 g/mol. The van der Waals surface area contributed by atoms with E-state index in [1.54, 1.807) is 0 Å². The Hall–Kier alpha value is -1.32. The lowest BCUT2D eigenvalue weighted by Crippen LogP contribution is -2.30. The predicted octanol–water partition coefficient (Wildman–Crippen LogP) is 3.14. The summed E-state index contributed by atoms with van der Waals surface area (Å²) in [7, 11) is 0. The highest BCUT2D eigenvalue weighted by Gasteiger charge is 2.23. The largest absolute Gasteiger partial charge is 0.383 e. The maximum atomic E-state index is 5.83. The number of rotatable bonds is 4. The molecule has 1 fully saturated rings. The quantitative estimate of drug-likeness (QED) is 0.859. The van der Waals surface area contributed by atoms with Crippen LogP contribution in [0.2, 0.25) is 0 Å². The lowest BCUT2D eigenvalue weighted by Gasteiger charge is -2.31. The predicted molar refractivity (Wildman–Crippen MR) is 75.5 cm³/mol. The monoisotopic (exact) mass is 248 g/mol. The molecule has 0 aliphatic heterocycles. The molecule has 0 radical (unpaired) electrons. The van der Waals surface area contributed by atoms with Crippen LogP contribution >= 0.6 is 0 Å². The zero-order valence-electron chi connectivity index (χ0n) is 11.4. The Morgan fingerprint density at radius 3 is 2.72 bits per heavy atom. The molecule has 1 heterocycles. The van der Waals surface area contributed by atoms with Gasteiger partial charge >= 0.3 is 0 Å². The van der Waals surface area contributed by atoms with E-state index < -0.39 is 0 Å². The smallest absolute Gasteiger partial charge is 0.134 e. The van der Waals surface area contributed by atoms with Crippen molar-refractivity contribution >= 4 is 11.6 Å². The number of nitrogens with one attached hydrogen (secondary N) is 1. The molecule has 0 saturated heterocycles. The second-order valence-corrected chi connectivity index (χ2v) is 5.29. The summed E-state index contributed by atoms with van der Waals surface area (Å²) in [5.41, 5.74) is 6.79. The molecule has 0 aromatic carbocycles. The SMILES string of the molecule is CCC(Nc1ncnc(N)c1C)C1CCCCC1. The van der Waals surface area contributed by atoms with Gasteiger partial charge in [-0.15, -0.1) is 0 Å². The molecule has 2 rings (SSSR count). The van der Waals surface area contributed by atoms with Gasteiger partial charge in [0.05, 0.1) is 0 Å². The molecule has 4 heteroatoms. The van der Waals surface area contributed by atoms with Crippen LogP contribution in [0.15, 0.2) is 6.33 Å². The molecule has 3 N–H and O–H groups in total. The topological polar surface area (TPSA) is 63.8 Å². The average Bonchev–Trinajstić information content (AvgIpc) is 2.41. The van der Waals surface area contributed by atoms with Crippen LogP contribution in [0.3, 0.4) is 0 Å². The first-order valence-electron chi connectivity index (χ1n) is 7.06. The van der Waals surface area contributed by atoms with Crippen LogP contribution in [0.1, 0.15) is 51.0 Å². The van der Waals surface area contributed by atoms with Crippen molar-refractivity contribution in [1.29, 1.82) is 0 Å². The summed E-state index contributed by atoms with van der Waals surface area (Å²) in [5.74, 6) is 2.25. The van der Waals surface area contributed by atoms with Gasteiger partial charge in [-0.25, -0.2) is 9.97 Å². The van der Waals surface area contributed by atoms with Crippen molar-refractivity contribution < 1.29 is 0 Å². The Balaban J connectivity index is 2.07. The van der Waals surface area contributed by atoms with Gasteiger partial charge < -0.3 is 11.1 Å². The van der Waals surface area contributed by atoms with Gasteiger partial charge in [-0.3, -0.25) is 0 Å². The van der Waals surface area contributed by atoms with Crippen molar-refractivity contribution in [3.8, 4) is 0 Å². The third kappa shape index (κ3) is 2.92. The van der Waals surface area contributed by atoms with Crippen LogP contribution in [-0.4, -0.2) is 16.0 Å². The maximum Gasteiger partial charge on any atom is 0.134 e. The first kappa shape index (κ1) is 13.1. The van der Waals surface area contributed by atoms with E-state index in [2.05, 4.69) is 22.2 Å². The van der Waals surface area contributed by atoms with E-state index in [-0.39, 0.29) is 0 Å². The highest BCUT2D eigenvalue weighted by Crippen LogP contribution is 2.30. The minimum Gasteiger partial charge on any atom is -0.383 e. The molecule has 1 aliphatic carbocycles. The van der Waals surface area contributed by atoms with Crippen molar-refractivity contribution in [1.82, 2.24) is 9.97 Å². The summed E-state index contributed by atoms with van der Waals surface area (Å²) in [5, 5.41) is 3.58. The van der Waals surface area contributed by atoms with Crippen molar-refractivity contribution in [2.45, 2.75) is 58.4 Å². The fourth-order valence-corrected chi connectivity index (χ4v) is 2.87. The number of hydrogen-bond acceptors (Lipinski definition) is 4. The highest BCUT2D eigenvalue weighted by molar-refractivity contribution is 5.54. The molecule has 4 nitrogen and oxygen atoms in total. The maximum absolute atomic E-state index is 5.83. The Labute approximate surface area is 109 Å². The van der Waals surface area contributed by atoms with E-state index in [4.69, 9.17) is 5.73 Å². The van der Waals surface area contributed by atoms with Crippen molar-refractivity contribution in [3.63, 3.8) is 0 Å². The lowest BCUT2D eigenvalue weighted by atomic mass is 9.83. The van der Waals surface area contributed by atoms with Crippen LogP contribution in [0.5, 0.6) is 0 Å². The van der Waals surface area contributed by atoms with Crippen molar-refractivity contribution in [3.05, 3.63) is 11.9 Å². The second-order valence-electron chi connectivity index (χ2n) is 5.29. The van der Waals surface area contributed by atoms with Gasteiger partial charge in [0.2, 0.25) is 0 Å². The van der Waals surface area contributed by atoms with E-state index in [1.165, 1.54) is 38.4 Å². The fraction of sp³-hybridized carbons (Fsp3) is 0.714. The molecule has 1 saturated carbocycles. The van der Waals surface area contributed by atoms with Crippen LogP contribution in [-0.2, 0) is 0 Å². The summed E-state index contributed by atoms with van der Waals surface area (Å²) in [6, 6.07) is 0.512. The lowest BCUT2D eigenvalue weighted by molar-refractivity contribution is 0.312. The van der Waals surface area contributed by atoms with E-state index in [9.17, 15) is 0 Å². The molecule has 1 aromatic heterocycles. The molecule has 1 unspecified atom stereocenters. The Morgan fingerprint density at radius 2 is 2.06 bits per heavy atom. The highest BCUT2D eigenvalue weighted by atomic mass is 15.1. The summed E-state index contributed by atoms with van der Waals surface area (Å²) in [6.45, 7) is 4.22. The zero-order valence-corrected chi connectivity index (χ0v) is 11.4. The third-order valence-corrected chi connectivity index (χ3v) is 4.10. The summed E-state index contributed by atoms with van der Waals surface area (Å²) >= 11 is 0. The number of nitrogen functional groups attached to an aromatic ring is 1. The Bertz CT molecular complexity index is 385. The Morgan fingerprint density at radius 1 is 1.33 bits per heavy atom. The molecule has 18 heavy (non-hydrogen) atoms. The van der Waals surface area contributed by atoms with Gasteiger partial charge in [0.15, 0.2) is 0 Å². The molecule has 0 bridgehead atoms. The normalized spacial score (nSPS) is 18.6. The van der Waals surface area contributed by atoms with Gasteiger partial charge in [0, 0.05) is 11.6 Å². The van der Waals surface area contributed by atoms with Gasteiger partial charge in [-0.05, 0) is 32.1 Å². The van der Waals surface area contributed by atoms with Crippen LogP contribution in [0.4, 0.5) is 11.6 Å². The van der Waals surface area contributed by atoms with E-state index in [0.29, 0.717) is 11.9 Å². The summed E-state index contributed by atoms with van der Waals surface area (Å²) in [4.78, 5) is 8.33. The van der Waals surface area contributed by atoms with Gasteiger partial charge in [0.1, 0.15) is 18.0 Å². The second kappa shape index (κ2) is 6.03. The minimum atomic E-state index is 0.512. The fourth-order valence-electron chi connectivity index (χ4n) is 2.87. The molecule has 1 aliphatic rings. The third-order valence-electron chi connectivity index (χ3n) is 4.10. The molecule has 1 atom stereocenters. The van der Waals surface area contributed by atoms with E-state index >= 15 is 0 Å². The van der Waals surface area contributed by atoms with Crippen molar-refractivity contribution in [2.75, 3.05) is 11.1 Å². The molecule has 0 amide bonds. The first-order chi connectivity index (χ1) is 8.72. The molecule has 1 aromatic rings. The molecular weight excluding hydrogens is 224 g/mol. The number of nitrogens with zero attached hydrogens (tertiary/aromatic N) is 2. The summed E-state index contributed by atoms with van der Waals surface area (Å²) < 4.78 is 0. The Kier molecular flexibility index (Phi) is 4.39. The van der Waals surface area contributed by atoms with Crippen LogP contribution in [0, 0.1) is 12.8 Å². The van der Waals surface area contributed by atoms with E-state index in [0.717, 1.165) is 23.7 Å². The number of aromatic nitrogens is 2. The van der Waals surface area contributed by atoms with Crippen LogP contribution < -0.4 is 11.1 Å². The van der Waals surface area contributed by atoms with Gasteiger partial charge in [-0.2, -0.15) is 0 Å². The zero-order chi connectivity index (χ0) is 13.0. The number of nitrogens with two attached hydrogens (primary N) is 1. The molecular formula is C14H24N4. The summed E-state index contributed by atoms with van der Waals surface area (Å²) in [6.07, 6.45) is 9.48. The van der Waals surface area contributed by atoms with Gasteiger partial charge in [0.25, 0.3) is 0 Å². The van der Waals surface area contributed by atoms with Gasteiger partial charge in [-0.1, -0.05) is 26.2 Å². The van der Waals surface area contributed by atoms with E-state index in [1.807, 2.05) is 6.92 Å². The molecule has 0 spiro atoms. The van der Waals surface area contributed by atoms with Crippen LogP contribution in [0.25, 0.3) is 0 Å². The van der Waals surface area contributed by atoms with Crippen molar-refractivity contribution in [2.24, 2.45) is 5.92 Å². The minimum absolute atomic E-state index is 0.512. The molecule has 100 valence electrons.